The van der Waals surface area contributed by atoms with Gasteiger partial charge in [-0.1, -0.05) is 6.07 Å². The van der Waals surface area contributed by atoms with Gasteiger partial charge >= 0.3 is 0 Å². The van der Waals surface area contributed by atoms with Crippen LogP contribution in [0.15, 0.2) is 36.4 Å². The van der Waals surface area contributed by atoms with Gasteiger partial charge in [-0.05, 0) is 54.3 Å². The quantitative estimate of drug-likeness (QED) is 0.806. The Morgan fingerprint density at radius 2 is 2.24 bits per heavy atom. The standard InChI is InChI=1S/C18H21N3O2S.ClH/c1-24-10-8-14(19)18(22)21-17-4-2-3-15(20-17)12-5-6-16-13(11-12)7-9-23-16;/h2-6,11,14H,7-10,19H2,1H3,(H,20,21,22);1H/t14-;/m0./s1. The van der Waals surface area contributed by atoms with Crippen molar-refractivity contribution < 1.29 is 9.53 Å². The summed E-state index contributed by atoms with van der Waals surface area (Å²) < 4.78 is 5.53. The molecule has 5 nitrogen and oxygen atoms in total. The van der Waals surface area contributed by atoms with Crippen LogP contribution in [0.25, 0.3) is 11.3 Å². The van der Waals surface area contributed by atoms with Crippen LogP contribution < -0.4 is 15.8 Å². The number of pyridine rings is 1. The number of nitrogens with one attached hydrogen (secondary N) is 1. The first-order valence-electron chi connectivity index (χ1n) is 7.96. The maximum atomic E-state index is 12.1. The van der Waals surface area contributed by atoms with E-state index in [1.807, 2.05) is 30.5 Å². The Bertz CT molecular complexity index is 742. The van der Waals surface area contributed by atoms with Crippen LogP contribution in [-0.2, 0) is 11.2 Å². The molecular formula is C18H22ClN3O2S. The van der Waals surface area contributed by atoms with Crippen LogP contribution in [0.4, 0.5) is 5.82 Å². The zero-order chi connectivity index (χ0) is 16.9. The van der Waals surface area contributed by atoms with Crippen LogP contribution in [-0.4, -0.2) is 35.5 Å². The van der Waals surface area contributed by atoms with Gasteiger partial charge in [-0.15, -0.1) is 12.4 Å². The molecule has 7 heteroatoms. The van der Waals surface area contributed by atoms with Gasteiger partial charge in [0.1, 0.15) is 11.6 Å². The molecule has 2 aromatic rings. The number of hydrogen-bond donors (Lipinski definition) is 2. The molecule has 0 aliphatic carbocycles. The van der Waals surface area contributed by atoms with Crippen LogP contribution >= 0.6 is 24.2 Å². The summed E-state index contributed by atoms with van der Waals surface area (Å²) in [7, 11) is 0. The summed E-state index contributed by atoms with van der Waals surface area (Å²) in [5.41, 5.74) is 8.93. The van der Waals surface area contributed by atoms with Crippen LogP contribution in [0, 0.1) is 0 Å². The van der Waals surface area contributed by atoms with Crippen molar-refractivity contribution in [2.24, 2.45) is 5.73 Å². The normalized spacial score (nSPS) is 13.4. The first kappa shape index (κ1) is 19.6. The average molecular weight is 380 g/mol. The molecular weight excluding hydrogens is 358 g/mol. The Hall–Kier alpha value is -1.76. The molecule has 3 rings (SSSR count). The topological polar surface area (TPSA) is 77.2 Å². The average Bonchev–Trinajstić information content (AvgIpc) is 3.07. The molecule has 0 unspecified atom stereocenters. The number of rotatable bonds is 6. The van der Waals surface area contributed by atoms with Crippen molar-refractivity contribution in [3.63, 3.8) is 0 Å². The number of carbonyl (C=O) groups is 1. The molecule has 1 aromatic carbocycles. The van der Waals surface area contributed by atoms with Crippen LogP contribution in [0.5, 0.6) is 5.75 Å². The van der Waals surface area contributed by atoms with Crippen molar-refractivity contribution in [2.75, 3.05) is 23.9 Å². The summed E-state index contributed by atoms with van der Waals surface area (Å²) in [6.45, 7) is 0.732. The maximum absolute atomic E-state index is 12.1. The number of halogens is 1. The highest BCUT2D eigenvalue weighted by molar-refractivity contribution is 7.98. The van der Waals surface area contributed by atoms with Gasteiger partial charge < -0.3 is 15.8 Å². The van der Waals surface area contributed by atoms with Crippen molar-refractivity contribution in [3.05, 3.63) is 42.0 Å². The fraction of sp³-hybridized carbons (Fsp3) is 0.333. The highest BCUT2D eigenvalue weighted by Crippen LogP contribution is 2.30. The number of thioether (sulfide) groups is 1. The molecule has 0 radical (unpaired) electrons. The largest absolute Gasteiger partial charge is 0.493 e. The number of nitrogens with two attached hydrogens (primary N) is 1. The fourth-order valence-corrected chi connectivity index (χ4v) is 3.10. The fourth-order valence-electron chi connectivity index (χ4n) is 2.61. The molecule has 0 saturated heterocycles. The summed E-state index contributed by atoms with van der Waals surface area (Å²) in [5, 5.41) is 2.80. The minimum absolute atomic E-state index is 0. The number of fused-ring (bicyclic) bond motifs is 1. The Balaban J connectivity index is 0.00000225. The molecule has 134 valence electrons. The molecule has 1 aromatic heterocycles. The Kier molecular flexibility index (Phi) is 7.11. The van der Waals surface area contributed by atoms with E-state index in [4.69, 9.17) is 10.5 Å². The second kappa shape index (κ2) is 9.08. The minimum Gasteiger partial charge on any atom is -0.493 e. The van der Waals surface area contributed by atoms with E-state index in [0.29, 0.717) is 12.2 Å². The number of ether oxygens (including phenoxy) is 1. The molecule has 25 heavy (non-hydrogen) atoms. The van der Waals surface area contributed by atoms with Gasteiger partial charge in [0.05, 0.1) is 18.3 Å². The summed E-state index contributed by atoms with van der Waals surface area (Å²) in [5.74, 6) is 2.13. The third kappa shape index (κ3) is 4.87. The summed E-state index contributed by atoms with van der Waals surface area (Å²) in [4.78, 5) is 16.7. The predicted molar refractivity (Wildman–Crippen MR) is 106 cm³/mol. The number of carbonyl (C=O) groups excluding carboxylic acids is 1. The number of anilines is 1. The molecule has 2 heterocycles. The second-order valence-electron chi connectivity index (χ2n) is 5.71. The van der Waals surface area contributed by atoms with Crippen LogP contribution in [0.3, 0.4) is 0 Å². The molecule has 1 aliphatic rings. The van der Waals surface area contributed by atoms with Gasteiger partial charge in [0.2, 0.25) is 5.91 Å². The van der Waals surface area contributed by atoms with Crippen molar-refractivity contribution in [2.45, 2.75) is 18.9 Å². The summed E-state index contributed by atoms with van der Waals surface area (Å²) in [6, 6.07) is 11.1. The molecule has 0 saturated carbocycles. The predicted octanol–water partition coefficient (Wildman–Crippen LogP) is 3.12. The lowest BCUT2D eigenvalue weighted by Gasteiger charge is -2.12. The Morgan fingerprint density at radius 1 is 1.40 bits per heavy atom. The van der Waals surface area contributed by atoms with Gasteiger partial charge in [-0.3, -0.25) is 4.79 Å². The monoisotopic (exact) mass is 379 g/mol. The highest BCUT2D eigenvalue weighted by atomic mass is 35.5. The number of hydrogen-bond acceptors (Lipinski definition) is 5. The summed E-state index contributed by atoms with van der Waals surface area (Å²) in [6.07, 6.45) is 3.57. The summed E-state index contributed by atoms with van der Waals surface area (Å²) >= 11 is 1.68. The molecule has 1 aliphatic heterocycles. The van der Waals surface area contributed by atoms with Crippen LogP contribution in [0.2, 0.25) is 0 Å². The van der Waals surface area contributed by atoms with Crippen LogP contribution in [0.1, 0.15) is 12.0 Å². The highest BCUT2D eigenvalue weighted by Gasteiger charge is 2.15. The number of aromatic nitrogens is 1. The minimum atomic E-state index is -0.514. The molecule has 0 bridgehead atoms. The molecule has 0 fully saturated rings. The van der Waals surface area contributed by atoms with E-state index in [-0.39, 0.29) is 18.3 Å². The van der Waals surface area contributed by atoms with E-state index in [0.717, 1.165) is 35.8 Å². The third-order valence-electron chi connectivity index (χ3n) is 3.96. The van der Waals surface area contributed by atoms with Crippen molar-refractivity contribution in [1.82, 2.24) is 4.98 Å². The van der Waals surface area contributed by atoms with Crippen molar-refractivity contribution in [1.29, 1.82) is 0 Å². The zero-order valence-electron chi connectivity index (χ0n) is 14.0. The van der Waals surface area contributed by atoms with E-state index in [9.17, 15) is 4.79 Å². The number of amides is 1. The molecule has 1 amide bonds. The van der Waals surface area contributed by atoms with Gasteiger partial charge in [-0.2, -0.15) is 11.8 Å². The van der Waals surface area contributed by atoms with Gasteiger partial charge in [0.15, 0.2) is 0 Å². The smallest absolute Gasteiger partial charge is 0.242 e. The maximum Gasteiger partial charge on any atom is 0.242 e. The van der Waals surface area contributed by atoms with Gasteiger partial charge in [-0.25, -0.2) is 4.98 Å². The van der Waals surface area contributed by atoms with Crippen molar-refractivity contribution in [3.8, 4) is 17.0 Å². The van der Waals surface area contributed by atoms with E-state index >= 15 is 0 Å². The third-order valence-corrected chi connectivity index (χ3v) is 4.60. The lowest BCUT2D eigenvalue weighted by atomic mass is 10.1. The van der Waals surface area contributed by atoms with E-state index in [2.05, 4.69) is 16.4 Å². The second-order valence-corrected chi connectivity index (χ2v) is 6.69. The van der Waals surface area contributed by atoms with Gasteiger partial charge in [0, 0.05) is 12.0 Å². The van der Waals surface area contributed by atoms with Crippen molar-refractivity contribution >= 4 is 35.9 Å². The Morgan fingerprint density at radius 3 is 3.04 bits per heavy atom. The molecule has 3 N–H and O–H groups in total. The SMILES string of the molecule is CSCC[C@H](N)C(=O)Nc1cccc(-c2ccc3c(c2)CCO3)n1.Cl. The van der Waals surface area contributed by atoms with Gasteiger partial charge in [0.25, 0.3) is 0 Å². The lowest BCUT2D eigenvalue weighted by Crippen LogP contribution is -2.36. The van der Waals surface area contributed by atoms with E-state index in [1.54, 1.807) is 17.8 Å². The molecule has 1 atom stereocenters. The van der Waals surface area contributed by atoms with E-state index < -0.39 is 6.04 Å². The molecule has 0 spiro atoms. The first-order valence-corrected chi connectivity index (χ1v) is 9.35. The first-order chi connectivity index (χ1) is 11.7. The zero-order valence-corrected chi connectivity index (χ0v) is 15.7. The number of benzene rings is 1. The lowest BCUT2D eigenvalue weighted by molar-refractivity contribution is -0.117. The Labute approximate surface area is 158 Å². The number of nitrogens with zero attached hydrogens (tertiary/aromatic N) is 1. The van der Waals surface area contributed by atoms with E-state index in [1.165, 1.54) is 5.56 Å².